The molecule has 0 spiro atoms. The van der Waals surface area contributed by atoms with Crippen molar-refractivity contribution < 1.29 is 9.50 Å². The molecular weight excluding hydrogens is 243 g/mol. The largest absolute Gasteiger partial charge is 0.396 e. The van der Waals surface area contributed by atoms with E-state index in [1.165, 1.54) is 16.8 Å². The Labute approximate surface area is 103 Å². The number of aromatic nitrogens is 2. The zero-order valence-corrected chi connectivity index (χ0v) is 10.1. The van der Waals surface area contributed by atoms with Crippen LogP contribution < -0.4 is 0 Å². The molecule has 0 aliphatic rings. The van der Waals surface area contributed by atoms with Crippen LogP contribution in [0.2, 0.25) is 5.15 Å². The highest BCUT2D eigenvalue weighted by atomic mass is 35.5. The first-order valence-corrected chi connectivity index (χ1v) is 5.62. The SMILES string of the molecule is Cc1nn(-c2cccc(F)c2)c(Cl)c1CCO. The van der Waals surface area contributed by atoms with Crippen molar-refractivity contribution in [3.8, 4) is 5.69 Å². The number of hydrogen-bond donors (Lipinski definition) is 1. The topological polar surface area (TPSA) is 38.0 Å². The molecule has 5 heteroatoms. The molecule has 1 aromatic heterocycles. The molecule has 0 fully saturated rings. The Kier molecular flexibility index (Phi) is 3.45. The van der Waals surface area contributed by atoms with Crippen LogP contribution in [-0.4, -0.2) is 21.5 Å². The van der Waals surface area contributed by atoms with Gasteiger partial charge in [0, 0.05) is 18.6 Å². The summed E-state index contributed by atoms with van der Waals surface area (Å²) in [5.74, 6) is -0.338. The van der Waals surface area contributed by atoms with Crippen LogP contribution in [0.25, 0.3) is 5.69 Å². The number of benzene rings is 1. The Balaban J connectivity index is 2.50. The van der Waals surface area contributed by atoms with Crippen LogP contribution in [0, 0.1) is 12.7 Å². The van der Waals surface area contributed by atoms with Crippen molar-refractivity contribution in [2.24, 2.45) is 0 Å². The summed E-state index contributed by atoms with van der Waals surface area (Å²) in [6.45, 7) is 1.82. The van der Waals surface area contributed by atoms with Crippen molar-refractivity contribution >= 4 is 11.6 Å². The fraction of sp³-hybridized carbons (Fsp3) is 0.250. The van der Waals surface area contributed by atoms with E-state index in [-0.39, 0.29) is 12.4 Å². The quantitative estimate of drug-likeness (QED) is 0.914. The zero-order chi connectivity index (χ0) is 12.4. The van der Waals surface area contributed by atoms with Gasteiger partial charge in [-0.15, -0.1) is 0 Å². The van der Waals surface area contributed by atoms with Crippen LogP contribution >= 0.6 is 11.6 Å². The predicted molar refractivity (Wildman–Crippen MR) is 64.1 cm³/mol. The first-order valence-electron chi connectivity index (χ1n) is 5.24. The molecule has 17 heavy (non-hydrogen) atoms. The fourth-order valence-corrected chi connectivity index (χ4v) is 2.07. The van der Waals surface area contributed by atoms with Crippen LogP contribution in [0.3, 0.4) is 0 Å². The van der Waals surface area contributed by atoms with Crippen LogP contribution in [-0.2, 0) is 6.42 Å². The fourth-order valence-electron chi connectivity index (χ4n) is 1.71. The Bertz CT molecular complexity index is 539. The molecule has 0 saturated heterocycles. The van der Waals surface area contributed by atoms with E-state index in [1.54, 1.807) is 12.1 Å². The molecule has 0 radical (unpaired) electrons. The van der Waals surface area contributed by atoms with Gasteiger partial charge < -0.3 is 5.11 Å². The second-order valence-electron chi connectivity index (χ2n) is 3.72. The van der Waals surface area contributed by atoms with Crippen molar-refractivity contribution in [1.29, 1.82) is 0 Å². The molecule has 1 N–H and O–H groups in total. The molecule has 0 aliphatic heterocycles. The third-order valence-corrected chi connectivity index (χ3v) is 2.92. The number of aryl methyl sites for hydroxylation is 1. The van der Waals surface area contributed by atoms with Gasteiger partial charge in [-0.2, -0.15) is 5.10 Å². The van der Waals surface area contributed by atoms with Crippen LogP contribution in [0.15, 0.2) is 24.3 Å². The van der Waals surface area contributed by atoms with E-state index in [0.29, 0.717) is 17.3 Å². The minimum absolute atomic E-state index is 0.00933. The molecule has 0 unspecified atom stereocenters. The van der Waals surface area contributed by atoms with Crippen molar-refractivity contribution in [1.82, 2.24) is 9.78 Å². The highest BCUT2D eigenvalue weighted by Gasteiger charge is 2.14. The highest BCUT2D eigenvalue weighted by molar-refractivity contribution is 6.30. The number of aliphatic hydroxyl groups is 1. The third-order valence-electron chi connectivity index (χ3n) is 2.54. The minimum atomic E-state index is -0.338. The second kappa shape index (κ2) is 4.85. The molecule has 2 aromatic rings. The van der Waals surface area contributed by atoms with Gasteiger partial charge in [0.1, 0.15) is 11.0 Å². The second-order valence-corrected chi connectivity index (χ2v) is 4.08. The lowest BCUT2D eigenvalue weighted by atomic mass is 10.2. The Hall–Kier alpha value is -1.39. The first kappa shape index (κ1) is 12.1. The van der Waals surface area contributed by atoms with Gasteiger partial charge in [0.25, 0.3) is 0 Å². The number of rotatable bonds is 3. The molecule has 3 nitrogen and oxygen atoms in total. The monoisotopic (exact) mass is 254 g/mol. The predicted octanol–water partition coefficient (Wildman–Crippen LogP) is 2.51. The Morgan fingerprint density at radius 3 is 2.88 bits per heavy atom. The normalized spacial score (nSPS) is 10.8. The standard InChI is InChI=1S/C12H12ClFN2O/c1-8-11(5-6-17)12(13)16(15-8)10-4-2-3-9(14)7-10/h2-4,7,17H,5-6H2,1H3. The summed E-state index contributed by atoms with van der Waals surface area (Å²) >= 11 is 6.16. The molecule has 0 amide bonds. The average molecular weight is 255 g/mol. The van der Waals surface area contributed by atoms with Gasteiger partial charge in [-0.25, -0.2) is 9.07 Å². The van der Waals surface area contributed by atoms with E-state index < -0.39 is 0 Å². The number of halogens is 2. The van der Waals surface area contributed by atoms with Crippen LogP contribution in [0.1, 0.15) is 11.3 Å². The van der Waals surface area contributed by atoms with E-state index in [0.717, 1.165) is 11.3 Å². The minimum Gasteiger partial charge on any atom is -0.396 e. The summed E-state index contributed by atoms with van der Waals surface area (Å²) in [5.41, 5.74) is 2.11. The van der Waals surface area contributed by atoms with Gasteiger partial charge in [0.15, 0.2) is 0 Å². The molecule has 0 bridgehead atoms. The molecule has 0 atom stereocenters. The smallest absolute Gasteiger partial charge is 0.136 e. The lowest BCUT2D eigenvalue weighted by Gasteiger charge is -2.03. The third kappa shape index (κ3) is 2.33. The summed E-state index contributed by atoms with van der Waals surface area (Å²) in [4.78, 5) is 0. The summed E-state index contributed by atoms with van der Waals surface area (Å²) in [7, 11) is 0. The van der Waals surface area contributed by atoms with Gasteiger partial charge in [0.2, 0.25) is 0 Å². The number of nitrogens with zero attached hydrogens (tertiary/aromatic N) is 2. The van der Waals surface area contributed by atoms with Crippen molar-refractivity contribution in [3.05, 3.63) is 46.5 Å². The Morgan fingerprint density at radius 2 is 2.24 bits per heavy atom. The van der Waals surface area contributed by atoms with Gasteiger partial charge >= 0.3 is 0 Å². The van der Waals surface area contributed by atoms with Crippen LogP contribution in [0.4, 0.5) is 4.39 Å². The lowest BCUT2D eigenvalue weighted by Crippen LogP contribution is -1.97. The van der Waals surface area contributed by atoms with Crippen molar-refractivity contribution in [3.63, 3.8) is 0 Å². The molecule has 1 aromatic carbocycles. The van der Waals surface area contributed by atoms with E-state index in [9.17, 15) is 4.39 Å². The van der Waals surface area contributed by atoms with Crippen molar-refractivity contribution in [2.45, 2.75) is 13.3 Å². The van der Waals surface area contributed by atoms with E-state index >= 15 is 0 Å². The van der Waals surface area contributed by atoms with E-state index in [1.807, 2.05) is 6.92 Å². The summed E-state index contributed by atoms with van der Waals surface area (Å²) in [6.07, 6.45) is 0.444. The maximum atomic E-state index is 13.1. The van der Waals surface area contributed by atoms with Crippen molar-refractivity contribution in [2.75, 3.05) is 6.61 Å². The lowest BCUT2D eigenvalue weighted by molar-refractivity contribution is 0.299. The van der Waals surface area contributed by atoms with Gasteiger partial charge in [0.05, 0.1) is 11.4 Å². The zero-order valence-electron chi connectivity index (χ0n) is 9.32. The van der Waals surface area contributed by atoms with Crippen LogP contribution in [0.5, 0.6) is 0 Å². The highest BCUT2D eigenvalue weighted by Crippen LogP contribution is 2.24. The maximum absolute atomic E-state index is 13.1. The van der Waals surface area contributed by atoms with E-state index in [4.69, 9.17) is 16.7 Å². The summed E-state index contributed by atoms with van der Waals surface area (Å²) in [5, 5.41) is 13.6. The molecule has 0 saturated carbocycles. The number of hydrogen-bond acceptors (Lipinski definition) is 2. The first-order chi connectivity index (χ1) is 8.13. The molecular formula is C12H12ClFN2O. The summed E-state index contributed by atoms with van der Waals surface area (Å²) in [6, 6.07) is 6.05. The maximum Gasteiger partial charge on any atom is 0.136 e. The van der Waals surface area contributed by atoms with Gasteiger partial charge in [-0.1, -0.05) is 17.7 Å². The molecule has 2 rings (SSSR count). The van der Waals surface area contributed by atoms with Gasteiger partial charge in [-0.05, 0) is 25.1 Å². The molecule has 0 aliphatic carbocycles. The average Bonchev–Trinajstić information content (AvgIpc) is 2.57. The Morgan fingerprint density at radius 1 is 1.47 bits per heavy atom. The van der Waals surface area contributed by atoms with E-state index in [2.05, 4.69) is 5.10 Å². The molecule has 1 heterocycles. The summed E-state index contributed by atoms with van der Waals surface area (Å²) < 4.78 is 14.6. The van der Waals surface area contributed by atoms with Gasteiger partial charge in [-0.3, -0.25) is 0 Å². The molecule has 90 valence electrons. The number of aliphatic hydroxyl groups excluding tert-OH is 1.